The fraction of sp³-hybridized carbons (Fsp3) is 0.642. The number of fused-ring (bicyclic) bond motifs is 5. The second-order valence-electron chi connectivity index (χ2n) is 21.1. The summed E-state index contributed by atoms with van der Waals surface area (Å²) in [5.41, 5.74) is 16.9. The molecule has 464 valence electrons. The number of aliphatic carboxylic acids is 2. The molecule has 10 amide bonds. The van der Waals surface area contributed by atoms with Crippen molar-refractivity contribution < 1.29 is 67.7 Å². The van der Waals surface area contributed by atoms with Gasteiger partial charge in [-0.1, -0.05) is 20.3 Å². The Balaban J connectivity index is 1.54. The van der Waals surface area contributed by atoms with Gasteiger partial charge in [0.15, 0.2) is 5.96 Å². The molecule has 2 aromatic rings. The number of amides is 10. The van der Waals surface area contributed by atoms with Gasteiger partial charge in [0.25, 0.3) is 0 Å². The predicted octanol–water partition coefficient (Wildman–Crippen LogP) is -0.948. The van der Waals surface area contributed by atoms with Crippen LogP contribution in [0, 0.1) is 5.92 Å². The Morgan fingerprint density at radius 3 is 1.96 bits per heavy atom. The van der Waals surface area contributed by atoms with E-state index in [9.17, 15) is 67.7 Å². The fourth-order valence-electron chi connectivity index (χ4n) is 10.3. The number of nitrogens with zero attached hydrogens (tertiary/aromatic N) is 4. The number of carbonyl (C=O) groups is 12. The molecule has 5 heterocycles. The maximum Gasteiger partial charge on any atom is 0.305 e. The lowest BCUT2D eigenvalue weighted by atomic mass is 9.97. The number of aryl methyl sites for hydroxylation is 1. The molecule has 0 bridgehead atoms. The third-order valence-corrected chi connectivity index (χ3v) is 17.6. The smallest absolute Gasteiger partial charge is 0.305 e. The average Bonchev–Trinajstić information content (AvgIpc) is 4.38. The molecule has 31 heteroatoms. The molecule has 15 N–H and O–H groups in total. The van der Waals surface area contributed by atoms with Crippen molar-refractivity contribution in [3.8, 4) is 0 Å². The molecule has 0 unspecified atom stereocenters. The van der Waals surface area contributed by atoms with Gasteiger partial charge in [-0.3, -0.25) is 62.5 Å². The molecule has 2 fully saturated rings. The summed E-state index contributed by atoms with van der Waals surface area (Å²) in [6.45, 7) is 5.23. The molecule has 10 atom stereocenters. The van der Waals surface area contributed by atoms with E-state index >= 15 is 0 Å². The van der Waals surface area contributed by atoms with Crippen LogP contribution in [0.25, 0.3) is 10.1 Å². The van der Waals surface area contributed by atoms with Crippen LogP contribution in [-0.4, -0.2) is 193 Å². The average molecular weight is 1230 g/mol. The summed E-state index contributed by atoms with van der Waals surface area (Å²) in [6.07, 6.45) is 3.88. The SMILES string of the molecule is CC[C@H](C)[C@@H]1NC(=O)[C@@H]2CCCN2C(=O)[C@@H](NC(C)=O)CSc2c3ccsc3cn2CCCC[C@@H](C(N)=O)NC(=O)[C@H](CCSC)NC(=O)[C@@H]2CCCN2C(=O)[C@H](CCCN=C(N)N)NC(=O)[C@H](CC(=O)O)NC(=O)[C@H](CCC(=O)O)NC1=O. The number of carboxylic acids is 2. The Bertz CT molecular complexity index is 2760. The standard InChI is InChI=1S/C53H80N14O14S3/c1-5-28(2)42-49(79)61-32(15-16-40(69)70)44(74)63-35(25-41(71)72)46(76)62-34(12-8-19-57-53(55)56)50(80)66-21-9-13-37(66)47(77)60-33(18-23-82-4)45(75)59-31(43(54)73)11-6-7-20-65-26-39-30(17-24-83-39)52(65)84-27-36(58-29(3)68)51(81)67-22-10-14-38(67)48(78)64-42/h17,24,26,28,31-38,42H,5-16,18-23,25,27H2,1-4H3,(H2,54,73)(H,58,68)(H,59,75)(H,60,77)(H,61,79)(H,62,76)(H,63,74)(H,64,78)(H,69,70)(H,71,72)(H4,55,56,57)/t28-,31-,32-,33-,34-,35-,36-,37-,38-,42-/m0/s1. The number of primary amides is 1. The first kappa shape index (κ1) is 67.6. The van der Waals surface area contributed by atoms with Crippen LogP contribution in [0.2, 0.25) is 0 Å². The van der Waals surface area contributed by atoms with Crippen LogP contribution < -0.4 is 54.4 Å². The lowest BCUT2D eigenvalue weighted by Gasteiger charge is -2.32. The second kappa shape index (κ2) is 32.8. The number of rotatable bonds is 16. The number of hydrogen-bond donors (Lipinski definition) is 12. The van der Waals surface area contributed by atoms with Gasteiger partial charge in [-0.05, 0) is 100 Å². The van der Waals surface area contributed by atoms with Crippen LogP contribution >= 0.6 is 34.9 Å². The molecule has 3 aliphatic heterocycles. The highest BCUT2D eigenvalue weighted by atomic mass is 32.2. The van der Waals surface area contributed by atoms with Crippen LogP contribution in [0.5, 0.6) is 0 Å². The first-order valence-electron chi connectivity index (χ1n) is 28.1. The maximum absolute atomic E-state index is 14.6. The fourth-order valence-corrected chi connectivity index (χ4v) is 12.8. The predicted molar refractivity (Wildman–Crippen MR) is 314 cm³/mol. The molecule has 2 saturated heterocycles. The van der Waals surface area contributed by atoms with Crippen LogP contribution in [0.3, 0.4) is 0 Å². The molecule has 3 aliphatic rings. The number of thiophene rings is 1. The van der Waals surface area contributed by atoms with Crippen molar-refractivity contribution in [2.24, 2.45) is 28.1 Å². The summed E-state index contributed by atoms with van der Waals surface area (Å²) in [7, 11) is 0. The van der Waals surface area contributed by atoms with E-state index in [2.05, 4.69) is 42.2 Å². The zero-order valence-electron chi connectivity index (χ0n) is 47.7. The second-order valence-corrected chi connectivity index (χ2v) is 24.0. The summed E-state index contributed by atoms with van der Waals surface area (Å²) in [5, 5.41) is 41.6. The summed E-state index contributed by atoms with van der Waals surface area (Å²) >= 11 is 4.22. The van der Waals surface area contributed by atoms with Gasteiger partial charge in [-0.25, -0.2) is 0 Å². The van der Waals surface area contributed by atoms with E-state index in [0.29, 0.717) is 44.4 Å². The van der Waals surface area contributed by atoms with Gasteiger partial charge >= 0.3 is 11.9 Å². The van der Waals surface area contributed by atoms with E-state index in [1.54, 1.807) is 20.1 Å². The van der Waals surface area contributed by atoms with Gasteiger partial charge in [0.1, 0.15) is 54.4 Å². The zero-order chi connectivity index (χ0) is 61.8. The number of carboxylic acid groups (broad SMARTS) is 2. The topological polar surface area (TPSA) is 431 Å². The summed E-state index contributed by atoms with van der Waals surface area (Å²) in [4.78, 5) is 171. The van der Waals surface area contributed by atoms with E-state index < -0.39 is 151 Å². The zero-order valence-corrected chi connectivity index (χ0v) is 50.1. The third-order valence-electron chi connectivity index (χ3n) is 14.9. The van der Waals surface area contributed by atoms with E-state index in [-0.39, 0.29) is 69.9 Å². The Kier molecular flexibility index (Phi) is 26.4. The first-order valence-corrected chi connectivity index (χ1v) is 31.4. The molecule has 0 radical (unpaired) electrons. The van der Waals surface area contributed by atoms with Crippen LogP contribution in [0.1, 0.15) is 111 Å². The van der Waals surface area contributed by atoms with Gasteiger partial charge in [-0.15, -0.1) is 23.1 Å². The maximum atomic E-state index is 14.6. The van der Waals surface area contributed by atoms with Crippen molar-refractivity contribution >= 4 is 122 Å². The highest BCUT2D eigenvalue weighted by Crippen LogP contribution is 2.35. The lowest BCUT2D eigenvalue weighted by molar-refractivity contribution is -0.144. The number of aliphatic imine (C=N–C) groups is 1. The summed E-state index contributed by atoms with van der Waals surface area (Å²) in [6, 6.07) is -10.3. The van der Waals surface area contributed by atoms with E-state index in [4.69, 9.17) is 17.2 Å². The molecule has 0 aliphatic carbocycles. The van der Waals surface area contributed by atoms with Gasteiger partial charge in [-0.2, -0.15) is 11.8 Å². The Hall–Kier alpha value is -7.15. The Morgan fingerprint density at radius 2 is 1.35 bits per heavy atom. The van der Waals surface area contributed by atoms with E-state index in [1.165, 1.54) is 51.6 Å². The van der Waals surface area contributed by atoms with Crippen molar-refractivity contribution in [3.05, 3.63) is 17.6 Å². The van der Waals surface area contributed by atoms with Crippen molar-refractivity contribution in [1.29, 1.82) is 0 Å². The van der Waals surface area contributed by atoms with Crippen molar-refractivity contribution in [2.45, 2.75) is 177 Å². The van der Waals surface area contributed by atoms with Gasteiger partial charge in [0.05, 0.1) is 16.1 Å². The molecule has 0 saturated carbocycles. The Labute approximate surface area is 498 Å². The monoisotopic (exact) mass is 1230 g/mol. The lowest BCUT2D eigenvalue weighted by Crippen LogP contribution is -2.61. The number of thioether (sulfide) groups is 2. The third kappa shape index (κ3) is 19.5. The number of guanidine groups is 1. The van der Waals surface area contributed by atoms with Crippen molar-refractivity contribution in [3.63, 3.8) is 0 Å². The van der Waals surface area contributed by atoms with Crippen molar-refractivity contribution in [2.75, 3.05) is 37.4 Å². The minimum Gasteiger partial charge on any atom is -0.481 e. The van der Waals surface area contributed by atoms with Gasteiger partial charge in [0, 0.05) is 56.9 Å². The quantitative estimate of drug-likeness (QED) is 0.0548. The number of hydrogen-bond acceptors (Lipinski definition) is 16. The minimum atomic E-state index is -1.94. The highest BCUT2D eigenvalue weighted by molar-refractivity contribution is 7.99. The molecule has 0 aromatic carbocycles. The molecule has 0 spiro atoms. The largest absolute Gasteiger partial charge is 0.481 e. The first-order chi connectivity index (χ1) is 39.9. The van der Waals surface area contributed by atoms with Crippen LogP contribution in [-0.2, 0) is 64.1 Å². The van der Waals surface area contributed by atoms with Gasteiger partial charge < -0.3 is 79.0 Å². The number of nitrogens with one attached hydrogen (secondary N) is 7. The van der Waals surface area contributed by atoms with E-state index in [0.717, 1.165) is 15.1 Å². The highest BCUT2D eigenvalue weighted by Gasteiger charge is 2.43. The van der Waals surface area contributed by atoms with Crippen LogP contribution in [0.15, 0.2) is 27.7 Å². The number of aromatic nitrogens is 1. The minimum absolute atomic E-state index is 0.0230. The number of carbonyl (C=O) groups excluding carboxylic acids is 10. The van der Waals surface area contributed by atoms with E-state index in [1.807, 2.05) is 22.2 Å². The molecule has 5 rings (SSSR count). The molecular formula is C53H80N14O14S3. The summed E-state index contributed by atoms with van der Waals surface area (Å²) < 4.78 is 2.96. The molecule has 84 heavy (non-hydrogen) atoms. The van der Waals surface area contributed by atoms with Gasteiger partial charge in [0.2, 0.25) is 59.1 Å². The Morgan fingerprint density at radius 1 is 0.738 bits per heavy atom. The molecule has 28 nitrogen and oxygen atoms in total. The molecular weight excluding hydrogens is 1150 g/mol. The normalized spacial score (nSPS) is 25.5. The number of nitrogens with two attached hydrogens (primary N) is 3. The van der Waals surface area contributed by atoms with Crippen LogP contribution in [0.4, 0.5) is 0 Å². The molecule has 2 aromatic heterocycles. The summed E-state index contributed by atoms with van der Waals surface area (Å²) in [5.74, 6) is -11.4. The van der Waals surface area contributed by atoms with Crippen molar-refractivity contribution in [1.82, 2.24) is 51.6 Å².